The van der Waals surface area contributed by atoms with Crippen molar-refractivity contribution in [3.63, 3.8) is 0 Å². The molecule has 0 heterocycles. The van der Waals surface area contributed by atoms with Gasteiger partial charge in [0, 0.05) is 6.42 Å². The Balaban J connectivity index is 3.11. The predicted molar refractivity (Wildman–Crippen MR) is 123 cm³/mol. The second-order valence-electron chi connectivity index (χ2n) is 8.06. The van der Waals surface area contributed by atoms with Gasteiger partial charge in [-0.3, -0.25) is 4.79 Å². The third-order valence-electron chi connectivity index (χ3n) is 5.30. The van der Waals surface area contributed by atoms with Crippen LogP contribution in [0.15, 0.2) is 0 Å². The molecule has 0 spiro atoms. The minimum absolute atomic E-state index is 0.0120. The molecule has 0 amide bonds. The van der Waals surface area contributed by atoms with Gasteiger partial charge in [-0.15, -0.1) is 0 Å². The molecule has 0 fully saturated rings. The highest BCUT2D eigenvalue weighted by atomic mass is 32.1. The van der Waals surface area contributed by atoms with Crippen LogP contribution in [0.3, 0.4) is 0 Å². The lowest BCUT2D eigenvalue weighted by Gasteiger charge is -2.05. The number of rotatable bonds is 22. The van der Waals surface area contributed by atoms with Gasteiger partial charge in [0.1, 0.15) is 0 Å². The highest BCUT2D eigenvalue weighted by molar-refractivity contribution is 7.80. The Morgan fingerprint density at radius 1 is 0.593 bits per heavy atom. The zero-order chi connectivity index (χ0) is 19.8. The van der Waals surface area contributed by atoms with Crippen LogP contribution >= 0.6 is 12.6 Å². The van der Waals surface area contributed by atoms with Crippen LogP contribution in [0.1, 0.15) is 135 Å². The first-order valence-corrected chi connectivity index (χ1v) is 12.7. The van der Waals surface area contributed by atoms with Gasteiger partial charge in [-0.2, -0.15) is 12.6 Å². The number of thiol groups is 1. The van der Waals surface area contributed by atoms with Crippen molar-refractivity contribution in [3.8, 4) is 0 Å². The fourth-order valence-electron chi connectivity index (χ4n) is 3.47. The molecule has 0 aliphatic carbocycles. The molecule has 0 saturated carbocycles. The van der Waals surface area contributed by atoms with Crippen molar-refractivity contribution in [2.24, 2.45) is 0 Å². The number of carbonyl (C=O) groups is 1. The summed E-state index contributed by atoms with van der Waals surface area (Å²) in [6.07, 6.45) is 25.2. The van der Waals surface area contributed by atoms with Crippen molar-refractivity contribution in [1.82, 2.24) is 0 Å². The molecule has 0 aliphatic heterocycles. The highest BCUT2D eigenvalue weighted by Gasteiger charge is 2.02. The van der Waals surface area contributed by atoms with Crippen molar-refractivity contribution in [1.29, 1.82) is 0 Å². The molecule has 162 valence electrons. The Morgan fingerprint density at radius 3 is 1.48 bits per heavy atom. The highest BCUT2D eigenvalue weighted by Crippen LogP contribution is 2.13. The van der Waals surface area contributed by atoms with Crippen LogP contribution in [0.5, 0.6) is 0 Å². The van der Waals surface area contributed by atoms with Crippen LogP contribution in [0.25, 0.3) is 0 Å². The van der Waals surface area contributed by atoms with E-state index >= 15 is 0 Å². The number of hydrogen-bond acceptors (Lipinski definition) is 3. The van der Waals surface area contributed by atoms with Crippen LogP contribution in [-0.2, 0) is 9.53 Å². The molecule has 2 nitrogen and oxygen atoms in total. The quantitative estimate of drug-likeness (QED) is 0.112. The summed E-state index contributed by atoms with van der Waals surface area (Å²) < 4.78 is 5.32. The van der Waals surface area contributed by atoms with E-state index in [0.717, 1.165) is 18.6 Å². The number of unbranched alkanes of at least 4 members (excludes halogenated alkanes) is 17. The fourth-order valence-corrected chi connectivity index (χ4v) is 3.69. The number of hydrogen-bond donors (Lipinski definition) is 1. The van der Waals surface area contributed by atoms with Gasteiger partial charge in [0.25, 0.3) is 0 Å². The summed E-state index contributed by atoms with van der Waals surface area (Å²) in [6.45, 7) is 2.86. The molecule has 3 heteroatoms. The van der Waals surface area contributed by atoms with Crippen LogP contribution in [0.4, 0.5) is 0 Å². The van der Waals surface area contributed by atoms with E-state index in [4.69, 9.17) is 4.74 Å². The Labute approximate surface area is 176 Å². The first kappa shape index (κ1) is 26.8. The monoisotopic (exact) mass is 400 g/mol. The van der Waals surface area contributed by atoms with E-state index in [9.17, 15) is 4.79 Å². The van der Waals surface area contributed by atoms with Crippen molar-refractivity contribution >= 4 is 18.6 Å². The minimum atomic E-state index is 0.0120. The Hall–Kier alpha value is -0.180. The van der Waals surface area contributed by atoms with Gasteiger partial charge < -0.3 is 4.74 Å². The average molecular weight is 401 g/mol. The van der Waals surface area contributed by atoms with E-state index < -0.39 is 0 Å². The Bertz CT molecular complexity index is 294. The molecule has 0 saturated heterocycles. The second-order valence-corrected chi connectivity index (χ2v) is 8.51. The lowest BCUT2D eigenvalue weighted by molar-refractivity contribution is -0.143. The Morgan fingerprint density at radius 2 is 1.00 bits per heavy atom. The number of esters is 1. The van der Waals surface area contributed by atoms with Gasteiger partial charge in [-0.05, 0) is 25.0 Å². The molecule has 0 bridgehead atoms. The predicted octanol–water partition coefficient (Wildman–Crippen LogP) is 8.28. The van der Waals surface area contributed by atoms with E-state index in [2.05, 4.69) is 19.6 Å². The summed E-state index contributed by atoms with van der Waals surface area (Å²) in [4.78, 5) is 11.7. The lowest BCUT2D eigenvalue weighted by atomic mass is 10.0. The maximum Gasteiger partial charge on any atom is 0.305 e. The van der Waals surface area contributed by atoms with Crippen molar-refractivity contribution in [2.45, 2.75) is 135 Å². The van der Waals surface area contributed by atoms with E-state index in [0.29, 0.717) is 13.0 Å². The van der Waals surface area contributed by atoms with E-state index in [1.807, 2.05) is 0 Å². The van der Waals surface area contributed by atoms with Crippen LogP contribution < -0.4 is 0 Å². The van der Waals surface area contributed by atoms with Gasteiger partial charge >= 0.3 is 5.97 Å². The largest absolute Gasteiger partial charge is 0.466 e. The third kappa shape index (κ3) is 23.8. The molecular formula is C24H48O2S. The van der Waals surface area contributed by atoms with Gasteiger partial charge in [-0.1, -0.05) is 110 Å². The zero-order valence-electron chi connectivity index (χ0n) is 18.3. The summed E-state index contributed by atoms with van der Waals surface area (Å²) in [5, 5.41) is 0. The van der Waals surface area contributed by atoms with Gasteiger partial charge in [-0.25, -0.2) is 0 Å². The summed E-state index contributed by atoms with van der Waals surface area (Å²) in [5.41, 5.74) is 0. The van der Waals surface area contributed by atoms with Crippen LogP contribution in [0.2, 0.25) is 0 Å². The minimum Gasteiger partial charge on any atom is -0.466 e. The van der Waals surface area contributed by atoms with Crippen LogP contribution in [-0.4, -0.2) is 18.3 Å². The summed E-state index contributed by atoms with van der Waals surface area (Å²) in [5.74, 6) is 1.05. The summed E-state index contributed by atoms with van der Waals surface area (Å²) >= 11 is 4.25. The van der Waals surface area contributed by atoms with E-state index in [-0.39, 0.29) is 5.97 Å². The fraction of sp³-hybridized carbons (Fsp3) is 0.958. The standard InChI is InChI=1S/C24H48O2S/c1-2-3-4-5-16-19-22-26-24(25)21-18-15-13-11-9-7-6-8-10-12-14-17-20-23-27/h27H,2-23H2,1H3. The molecule has 0 aromatic rings. The SMILES string of the molecule is CCCCCCCCOC(=O)CCCCCCCCCCCCCCCS. The molecular weight excluding hydrogens is 352 g/mol. The van der Waals surface area contributed by atoms with E-state index in [1.54, 1.807) is 0 Å². The molecule has 0 unspecified atom stereocenters. The number of carbonyl (C=O) groups excluding carboxylic acids is 1. The molecule has 0 atom stereocenters. The Kier molecular flexibility index (Phi) is 23.7. The summed E-state index contributed by atoms with van der Waals surface area (Å²) in [7, 11) is 0. The molecule has 0 aliphatic rings. The smallest absolute Gasteiger partial charge is 0.305 e. The van der Waals surface area contributed by atoms with Crippen molar-refractivity contribution < 1.29 is 9.53 Å². The van der Waals surface area contributed by atoms with E-state index in [1.165, 1.54) is 109 Å². The zero-order valence-corrected chi connectivity index (χ0v) is 19.2. The number of ether oxygens (including phenoxy) is 1. The van der Waals surface area contributed by atoms with Gasteiger partial charge in [0.15, 0.2) is 0 Å². The van der Waals surface area contributed by atoms with Crippen LogP contribution in [0, 0.1) is 0 Å². The molecule has 0 rings (SSSR count). The lowest BCUT2D eigenvalue weighted by Crippen LogP contribution is -2.05. The molecule has 0 aromatic heterocycles. The first-order valence-electron chi connectivity index (χ1n) is 12.1. The molecule has 0 aromatic carbocycles. The summed E-state index contributed by atoms with van der Waals surface area (Å²) in [6, 6.07) is 0. The van der Waals surface area contributed by atoms with Crippen molar-refractivity contribution in [3.05, 3.63) is 0 Å². The average Bonchev–Trinajstić information content (AvgIpc) is 2.67. The normalized spacial score (nSPS) is 11.0. The molecule has 0 N–H and O–H groups in total. The van der Waals surface area contributed by atoms with Crippen molar-refractivity contribution in [2.75, 3.05) is 12.4 Å². The molecule has 27 heavy (non-hydrogen) atoms. The van der Waals surface area contributed by atoms with Gasteiger partial charge in [0.2, 0.25) is 0 Å². The van der Waals surface area contributed by atoms with Gasteiger partial charge in [0.05, 0.1) is 6.61 Å². The third-order valence-corrected chi connectivity index (χ3v) is 5.62. The maximum atomic E-state index is 11.7. The second kappa shape index (κ2) is 23.9. The topological polar surface area (TPSA) is 26.3 Å². The first-order chi connectivity index (χ1) is 13.3. The molecule has 0 radical (unpaired) electrons. The maximum absolute atomic E-state index is 11.7.